The van der Waals surface area contributed by atoms with Crippen LogP contribution in [0.1, 0.15) is 68.3 Å². The van der Waals surface area contributed by atoms with Gasteiger partial charge in [-0.2, -0.15) is 8.42 Å². The minimum Gasteiger partial charge on any atom is -0.384 e. The SMILES string of the molecule is C[C@H](c1ccc2c(c1NC(=O)NS(=O)(=O)c1nc(C(C)(C)O)cs1)CCC2)C1CC1. The first-order valence-electron chi connectivity index (χ1n) is 10.2. The molecule has 1 heterocycles. The van der Waals surface area contributed by atoms with Gasteiger partial charge in [-0.15, -0.1) is 11.3 Å². The highest BCUT2D eigenvalue weighted by atomic mass is 32.2. The van der Waals surface area contributed by atoms with E-state index in [9.17, 15) is 18.3 Å². The molecule has 1 atom stereocenters. The molecule has 7 nitrogen and oxygen atoms in total. The van der Waals surface area contributed by atoms with E-state index >= 15 is 0 Å². The van der Waals surface area contributed by atoms with Crippen LogP contribution in [0.5, 0.6) is 0 Å². The number of nitrogens with zero attached hydrogens (tertiary/aromatic N) is 1. The third-order valence-electron chi connectivity index (χ3n) is 5.94. The fourth-order valence-electron chi connectivity index (χ4n) is 4.03. The normalized spacial score (nSPS) is 17.5. The molecule has 162 valence electrons. The van der Waals surface area contributed by atoms with Gasteiger partial charge in [-0.3, -0.25) is 0 Å². The molecule has 0 unspecified atom stereocenters. The Kier molecular flexibility index (Phi) is 5.40. The summed E-state index contributed by atoms with van der Waals surface area (Å²) in [6.45, 7) is 5.22. The van der Waals surface area contributed by atoms with E-state index in [4.69, 9.17) is 0 Å². The third kappa shape index (κ3) is 4.24. The summed E-state index contributed by atoms with van der Waals surface area (Å²) in [5.74, 6) is 0.934. The second kappa shape index (κ2) is 7.62. The lowest BCUT2D eigenvalue weighted by atomic mass is 9.91. The van der Waals surface area contributed by atoms with Gasteiger partial charge in [0, 0.05) is 11.1 Å². The van der Waals surface area contributed by atoms with Crippen molar-refractivity contribution in [3.8, 4) is 0 Å². The first-order chi connectivity index (χ1) is 14.1. The second-order valence-electron chi connectivity index (χ2n) is 8.76. The number of sulfonamides is 1. The molecule has 2 aromatic rings. The summed E-state index contributed by atoms with van der Waals surface area (Å²) in [7, 11) is -4.14. The van der Waals surface area contributed by atoms with Crippen LogP contribution < -0.4 is 10.0 Å². The van der Waals surface area contributed by atoms with Crippen molar-refractivity contribution in [2.45, 2.75) is 68.7 Å². The predicted molar refractivity (Wildman–Crippen MR) is 116 cm³/mol. The maximum absolute atomic E-state index is 12.7. The van der Waals surface area contributed by atoms with E-state index < -0.39 is 21.7 Å². The molecule has 1 aromatic carbocycles. The molecule has 3 N–H and O–H groups in total. The van der Waals surface area contributed by atoms with Crippen LogP contribution in [0.2, 0.25) is 0 Å². The molecule has 0 saturated heterocycles. The minimum absolute atomic E-state index is 0.245. The lowest BCUT2D eigenvalue weighted by molar-refractivity contribution is 0.0741. The number of aliphatic hydroxyl groups is 1. The zero-order valence-corrected chi connectivity index (χ0v) is 19.0. The average molecular weight is 450 g/mol. The topological polar surface area (TPSA) is 108 Å². The van der Waals surface area contributed by atoms with Gasteiger partial charge < -0.3 is 10.4 Å². The molecular formula is C21H27N3O4S2. The first-order valence-corrected chi connectivity index (χ1v) is 12.6. The summed E-state index contributed by atoms with van der Waals surface area (Å²) >= 11 is 0.870. The van der Waals surface area contributed by atoms with Gasteiger partial charge in [-0.05, 0) is 74.5 Å². The molecular weight excluding hydrogens is 422 g/mol. The number of urea groups is 1. The Labute approximate surface area is 181 Å². The summed E-state index contributed by atoms with van der Waals surface area (Å²) in [6, 6.07) is 3.43. The lowest BCUT2D eigenvalue weighted by Gasteiger charge is -2.20. The second-order valence-corrected chi connectivity index (χ2v) is 11.5. The Hall–Kier alpha value is -1.97. The zero-order valence-electron chi connectivity index (χ0n) is 17.4. The fourth-order valence-corrected chi connectivity index (χ4v) is 6.11. The largest absolute Gasteiger partial charge is 0.384 e. The van der Waals surface area contributed by atoms with E-state index in [0.717, 1.165) is 47.4 Å². The molecule has 0 bridgehead atoms. The number of thiazole rings is 1. The highest BCUT2D eigenvalue weighted by Crippen LogP contribution is 2.46. The number of rotatable bonds is 6. The quantitative estimate of drug-likeness (QED) is 0.620. The smallest absolute Gasteiger partial charge is 0.333 e. The van der Waals surface area contributed by atoms with Crippen LogP contribution in [-0.4, -0.2) is 24.5 Å². The van der Waals surface area contributed by atoms with Crippen LogP contribution in [-0.2, 0) is 28.5 Å². The van der Waals surface area contributed by atoms with Crippen molar-refractivity contribution in [1.82, 2.24) is 9.71 Å². The molecule has 2 amide bonds. The molecule has 1 saturated carbocycles. The molecule has 4 rings (SSSR count). The van der Waals surface area contributed by atoms with Crippen LogP contribution in [0.25, 0.3) is 0 Å². The Balaban J connectivity index is 1.57. The van der Waals surface area contributed by atoms with E-state index in [0.29, 0.717) is 11.8 Å². The van der Waals surface area contributed by atoms with E-state index in [1.54, 1.807) is 0 Å². The lowest BCUT2D eigenvalue weighted by Crippen LogP contribution is -2.35. The number of aromatic nitrogens is 1. The molecule has 0 radical (unpaired) electrons. The van der Waals surface area contributed by atoms with E-state index in [2.05, 4.69) is 34.1 Å². The van der Waals surface area contributed by atoms with Gasteiger partial charge in [0.1, 0.15) is 5.60 Å². The van der Waals surface area contributed by atoms with E-state index in [1.165, 1.54) is 37.6 Å². The summed E-state index contributed by atoms with van der Waals surface area (Å²) in [4.78, 5) is 16.7. The molecule has 9 heteroatoms. The molecule has 2 aliphatic rings. The molecule has 2 aliphatic carbocycles. The number of benzene rings is 1. The van der Waals surface area contributed by atoms with Gasteiger partial charge in [0.15, 0.2) is 0 Å². The van der Waals surface area contributed by atoms with Gasteiger partial charge >= 0.3 is 6.03 Å². The van der Waals surface area contributed by atoms with Crippen molar-refractivity contribution in [2.75, 3.05) is 5.32 Å². The van der Waals surface area contributed by atoms with Crippen LogP contribution in [0.4, 0.5) is 10.5 Å². The maximum Gasteiger partial charge on any atom is 0.333 e. The molecule has 0 aliphatic heterocycles. The monoisotopic (exact) mass is 449 g/mol. The van der Waals surface area contributed by atoms with Crippen LogP contribution in [0.15, 0.2) is 21.9 Å². The Morgan fingerprint density at radius 3 is 2.67 bits per heavy atom. The van der Waals surface area contributed by atoms with Crippen molar-refractivity contribution in [3.05, 3.63) is 39.9 Å². The minimum atomic E-state index is -4.14. The van der Waals surface area contributed by atoms with Crippen LogP contribution in [0.3, 0.4) is 0 Å². The molecule has 1 aromatic heterocycles. The number of carbonyl (C=O) groups is 1. The number of fused-ring (bicyclic) bond motifs is 1. The van der Waals surface area contributed by atoms with E-state index in [1.807, 2.05) is 0 Å². The number of hydrogen-bond acceptors (Lipinski definition) is 6. The maximum atomic E-state index is 12.7. The standard InChI is InChI=1S/C21H27N3O4S2/c1-12(13-7-8-13)15-10-9-14-5-4-6-16(14)18(15)23-19(25)24-30(27,28)20-22-17(11-29-20)21(2,3)26/h9-13,26H,4-8H2,1-3H3,(H2,23,24,25)/t12-/m0/s1. The third-order valence-corrected chi connectivity index (χ3v) is 8.53. The number of anilines is 1. The average Bonchev–Trinajstić information content (AvgIpc) is 3.16. The van der Waals surface area contributed by atoms with Gasteiger partial charge in [0.25, 0.3) is 10.0 Å². The number of hydrogen-bond donors (Lipinski definition) is 3. The van der Waals surface area contributed by atoms with Crippen molar-refractivity contribution in [1.29, 1.82) is 0 Å². The Morgan fingerprint density at radius 1 is 1.30 bits per heavy atom. The highest BCUT2D eigenvalue weighted by Gasteiger charge is 2.33. The Bertz CT molecular complexity index is 1080. The summed E-state index contributed by atoms with van der Waals surface area (Å²) in [6.07, 6.45) is 5.26. The van der Waals surface area contributed by atoms with Crippen LogP contribution >= 0.6 is 11.3 Å². The highest BCUT2D eigenvalue weighted by molar-refractivity contribution is 7.92. The van der Waals surface area contributed by atoms with Crippen LogP contribution in [0, 0.1) is 5.92 Å². The summed E-state index contributed by atoms with van der Waals surface area (Å²) in [5.41, 5.74) is 3.15. The van der Waals surface area contributed by atoms with Gasteiger partial charge in [0.05, 0.1) is 5.69 Å². The molecule has 30 heavy (non-hydrogen) atoms. The van der Waals surface area contributed by atoms with Gasteiger partial charge in [-0.25, -0.2) is 14.5 Å². The van der Waals surface area contributed by atoms with Crippen molar-refractivity contribution >= 4 is 33.1 Å². The number of aryl methyl sites for hydroxylation is 1. The predicted octanol–water partition coefficient (Wildman–Crippen LogP) is 3.88. The van der Waals surface area contributed by atoms with E-state index in [-0.39, 0.29) is 10.0 Å². The molecule has 1 fully saturated rings. The molecule has 0 spiro atoms. The summed E-state index contributed by atoms with van der Waals surface area (Å²) in [5, 5.41) is 14.3. The first kappa shape index (κ1) is 21.3. The number of carbonyl (C=O) groups excluding carboxylic acids is 1. The van der Waals surface area contributed by atoms with Crippen molar-refractivity contribution in [3.63, 3.8) is 0 Å². The number of amides is 2. The Morgan fingerprint density at radius 2 is 2.03 bits per heavy atom. The zero-order chi connectivity index (χ0) is 21.7. The van der Waals surface area contributed by atoms with Crippen molar-refractivity contribution in [2.24, 2.45) is 5.92 Å². The summed E-state index contributed by atoms with van der Waals surface area (Å²) < 4.78 is 27.1. The fraction of sp³-hybridized carbons (Fsp3) is 0.524. The van der Waals surface area contributed by atoms with Crippen molar-refractivity contribution < 1.29 is 18.3 Å². The number of nitrogens with one attached hydrogen (secondary N) is 2. The van der Waals surface area contributed by atoms with Gasteiger partial charge in [-0.1, -0.05) is 19.1 Å². The van der Waals surface area contributed by atoms with Gasteiger partial charge in [0.2, 0.25) is 4.34 Å².